The number of carbonyl (C=O) groups is 1. The Kier molecular flexibility index (Phi) is 5.46. The lowest BCUT2D eigenvalue weighted by Crippen LogP contribution is -2.21. The number of anilines is 2. The number of aromatic nitrogens is 4. The summed E-state index contributed by atoms with van der Waals surface area (Å²) in [5.74, 6) is -1.26. The average Bonchev–Trinajstić information content (AvgIpc) is 3.15. The minimum atomic E-state index is -0.860. The van der Waals surface area contributed by atoms with Crippen molar-refractivity contribution in [1.29, 1.82) is 0 Å². The van der Waals surface area contributed by atoms with Crippen molar-refractivity contribution >= 4 is 40.5 Å². The van der Waals surface area contributed by atoms with Gasteiger partial charge in [-0.1, -0.05) is 29.8 Å². The quantitative estimate of drug-likeness (QED) is 0.358. The van der Waals surface area contributed by atoms with Gasteiger partial charge in [0.15, 0.2) is 5.82 Å². The van der Waals surface area contributed by atoms with Crippen molar-refractivity contribution in [3.05, 3.63) is 80.7 Å². The average molecular weight is 439 g/mol. The van der Waals surface area contributed by atoms with Gasteiger partial charge in [-0.2, -0.15) is 9.67 Å². The number of carbonyl (C=O) groups excluding carboxylic acids is 1. The second kappa shape index (κ2) is 8.36. The molecule has 11 heteroatoms. The van der Waals surface area contributed by atoms with E-state index in [1.807, 2.05) is 6.07 Å². The van der Waals surface area contributed by atoms with Crippen LogP contribution in [0, 0.1) is 4.91 Å². The summed E-state index contributed by atoms with van der Waals surface area (Å²) in [6, 6.07) is 15.4. The van der Waals surface area contributed by atoms with Gasteiger partial charge in [0, 0.05) is 10.7 Å². The van der Waals surface area contributed by atoms with Crippen LogP contribution in [0.5, 0.6) is 0 Å². The Labute approximate surface area is 180 Å². The molecule has 2 aromatic heterocycles. The number of nitrogens with one attached hydrogen (secondary N) is 1. The highest BCUT2D eigenvalue weighted by molar-refractivity contribution is 6.30. The Hall–Kier alpha value is -4.05. The van der Waals surface area contributed by atoms with E-state index in [0.29, 0.717) is 16.4 Å². The van der Waals surface area contributed by atoms with Crippen LogP contribution in [0.4, 0.5) is 17.2 Å². The maximum absolute atomic E-state index is 13.1. The van der Waals surface area contributed by atoms with Crippen molar-refractivity contribution in [2.24, 2.45) is 5.18 Å². The number of hydrogen-bond acceptors (Lipinski definition) is 8. The van der Waals surface area contributed by atoms with Crippen LogP contribution >= 0.6 is 11.6 Å². The number of hydrogen-bond donors (Lipinski definition) is 1. The molecule has 1 N–H and O–H groups in total. The van der Waals surface area contributed by atoms with Gasteiger partial charge in [-0.25, -0.2) is 9.20 Å². The summed E-state index contributed by atoms with van der Waals surface area (Å²) in [5, 5.41) is 10.5. The lowest BCUT2D eigenvalue weighted by atomic mass is 10.3. The normalized spacial score (nSPS) is 10.8. The lowest BCUT2D eigenvalue weighted by Gasteiger charge is -2.08. The molecule has 0 aliphatic rings. The molecule has 0 bridgehead atoms. The van der Waals surface area contributed by atoms with E-state index in [9.17, 15) is 14.5 Å². The largest absolute Gasteiger partial charge is 0.460 e. The fourth-order valence-electron chi connectivity index (χ4n) is 2.93. The van der Waals surface area contributed by atoms with Gasteiger partial charge in [-0.15, -0.1) is 10.0 Å². The molecule has 0 atom stereocenters. The number of para-hydroxylation sites is 1. The molecule has 0 radical (unpaired) electrons. The molecule has 4 rings (SSSR count). The van der Waals surface area contributed by atoms with E-state index in [1.54, 1.807) is 55.5 Å². The molecule has 0 saturated heterocycles. The molecular formula is C20H15ClN6O4. The fourth-order valence-corrected chi connectivity index (χ4v) is 3.05. The van der Waals surface area contributed by atoms with E-state index < -0.39 is 17.2 Å². The zero-order chi connectivity index (χ0) is 22.0. The molecule has 31 heavy (non-hydrogen) atoms. The molecule has 0 fully saturated rings. The summed E-state index contributed by atoms with van der Waals surface area (Å²) >= 11 is 5.96. The van der Waals surface area contributed by atoms with E-state index in [1.165, 1.54) is 4.68 Å². The predicted octanol–water partition coefficient (Wildman–Crippen LogP) is 3.85. The third-order valence-corrected chi connectivity index (χ3v) is 4.55. The first-order valence-corrected chi connectivity index (χ1v) is 9.55. The van der Waals surface area contributed by atoms with Crippen LogP contribution in [0.2, 0.25) is 5.02 Å². The number of ether oxygens (including phenoxy) is 1. The second-order valence-electron chi connectivity index (χ2n) is 6.26. The Morgan fingerprint density at radius 2 is 1.87 bits per heavy atom. The zero-order valence-electron chi connectivity index (χ0n) is 16.2. The van der Waals surface area contributed by atoms with Gasteiger partial charge < -0.3 is 10.1 Å². The first-order valence-electron chi connectivity index (χ1n) is 9.17. The number of rotatable bonds is 6. The van der Waals surface area contributed by atoms with E-state index >= 15 is 0 Å². The van der Waals surface area contributed by atoms with Crippen LogP contribution in [-0.4, -0.2) is 31.7 Å². The molecule has 0 aliphatic heterocycles. The van der Waals surface area contributed by atoms with Crippen LogP contribution in [0.15, 0.2) is 64.6 Å². The topological polar surface area (TPSA) is 120 Å². The fraction of sp³-hybridized carbons (Fsp3) is 0.100. The molecule has 0 aliphatic carbocycles. The molecule has 0 spiro atoms. The molecule has 0 unspecified atom stereocenters. The second-order valence-corrected chi connectivity index (χ2v) is 6.70. The van der Waals surface area contributed by atoms with Gasteiger partial charge in [-0.3, -0.25) is 4.79 Å². The van der Waals surface area contributed by atoms with Gasteiger partial charge in [0.2, 0.25) is 17.3 Å². The first-order chi connectivity index (χ1) is 15.0. The Morgan fingerprint density at radius 3 is 2.52 bits per heavy atom. The highest BCUT2D eigenvalue weighted by Crippen LogP contribution is 2.25. The molecule has 0 saturated carbocycles. The predicted molar refractivity (Wildman–Crippen MR) is 115 cm³/mol. The minimum absolute atomic E-state index is 0.0128. The number of esters is 1. The van der Waals surface area contributed by atoms with Crippen molar-refractivity contribution in [1.82, 2.24) is 19.2 Å². The van der Waals surface area contributed by atoms with Crippen molar-refractivity contribution in [2.45, 2.75) is 6.92 Å². The van der Waals surface area contributed by atoms with E-state index in [4.69, 9.17) is 16.3 Å². The highest BCUT2D eigenvalue weighted by atomic mass is 35.5. The van der Waals surface area contributed by atoms with Crippen molar-refractivity contribution in [3.8, 4) is 5.69 Å². The highest BCUT2D eigenvalue weighted by Gasteiger charge is 2.26. The van der Waals surface area contributed by atoms with Crippen molar-refractivity contribution in [3.63, 3.8) is 0 Å². The third kappa shape index (κ3) is 3.76. The number of nitroso groups, excluding NO2 is 1. The first kappa shape index (κ1) is 20.2. The van der Waals surface area contributed by atoms with E-state index in [2.05, 4.69) is 20.6 Å². The summed E-state index contributed by atoms with van der Waals surface area (Å²) < 4.78 is 7.20. The van der Waals surface area contributed by atoms with Crippen LogP contribution in [0.25, 0.3) is 11.5 Å². The summed E-state index contributed by atoms with van der Waals surface area (Å²) in [6.45, 7) is 1.69. The van der Waals surface area contributed by atoms with Crippen LogP contribution in [0.1, 0.15) is 17.5 Å². The zero-order valence-corrected chi connectivity index (χ0v) is 16.9. The Morgan fingerprint density at radius 1 is 1.16 bits per heavy atom. The smallest absolute Gasteiger partial charge is 0.376 e. The number of fused-ring (bicyclic) bond motifs is 1. The third-order valence-electron chi connectivity index (χ3n) is 4.29. The lowest BCUT2D eigenvalue weighted by molar-refractivity contribution is 0.0509. The Bertz CT molecular complexity index is 1330. The molecular weight excluding hydrogens is 424 g/mol. The van der Waals surface area contributed by atoms with Gasteiger partial charge in [0.05, 0.1) is 12.3 Å². The standard InChI is InChI=1S/C20H15ClN6O4/c1-2-31-19(29)17-24-27(14-10-8-12(21)9-11-14)20-23-16(15(25-30)18(28)26(17)20)22-13-6-4-3-5-7-13/h3-11,22H,2H2,1H3. The minimum Gasteiger partial charge on any atom is -0.460 e. The maximum atomic E-state index is 13.1. The van der Waals surface area contributed by atoms with Gasteiger partial charge in [0.25, 0.3) is 5.56 Å². The molecule has 10 nitrogen and oxygen atoms in total. The molecule has 4 aromatic rings. The summed E-state index contributed by atoms with van der Waals surface area (Å²) in [5.41, 5.74) is -0.280. The molecule has 2 heterocycles. The van der Waals surface area contributed by atoms with Gasteiger partial charge in [0.1, 0.15) is 0 Å². The van der Waals surface area contributed by atoms with Gasteiger partial charge >= 0.3 is 5.97 Å². The molecule has 2 aromatic carbocycles. The van der Waals surface area contributed by atoms with E-state index in [0.717, 1.165) is 4.40 Å². The van der Waals surface area contributed by atoms with Gasteiger partial charge in [-0.05, 0) is 48.5 Å². The number of halogens is 1. The van der Waals surface area contributed by atoms with Crippen LogP contribution < -0.4 is 10.9 Å². The SMILES string of the molecule is CCOC(=O)c1nn(-c2ccc(Cl)cc2)c2nc(Nc3ccccc3)c(N=O)c(=O)n12. The van der Waals surface area contributed by atoms with Crippen LogP contribution in [0.3, 0.4) is 0 Å². The molecule has 0 amide bonds. The van der Waals surface area contributed by atoms with Crippen LogP contribution in [-0.2, 0) is 4.74 Å². The molecule has 156 valence electrons. The summed E-state index contributed by atoms with van der Waals surface area (Å²) in [6.07, 6.45) is 0. The monoisotopic (exact) mass is 438 g/mol. The number of nitrogens with zero attached hydrogens (tertiary/aromatic N) is 5. The van der Waals surface area contributed by atoms with Crippen molar-refractivity contribution < 1.29 is 9.53 Å². The number of benzene rings is 2. The Balaban J connectivity index is 2.01. The maximum Gasteiger partial charge on any atom is 0.376 e. The van der Waals surface area contributed by atoms with Crippen molar-refractivity contribution in [2.75, 3.05) is 11.9 Å². The summed E-state index contributed by atoms with van der Waals surface area (Å²) in [4.78, 5) is 41.4. The summed E-state index contributed by atoms with van der Waals surface area (Å²) in [7, 11) is 0. The van der Waals surface area contributed by atoms with E-state index in [-0.39, 0.29) is 24.0 Å².